The molecule has 2 aromatic heterocycles. The molecule has 2 amide bonds. The van der Waals surface area contributed by atoms with E-state index >= 15 is 0 Å². The number of aliphatic hydroxyl groups excluding tert-OH is 1. The Morgan fingerprint density at radius 3 is 2.79 bits per heavy atom. The number of fused-ring (bicyclic) bond motifs is 1. The fraction of sp³-hybridized carbons (Fsp3) is 0.375. The Hall–Kier alpha value is -2.97. The van der Waals surface area contributed by atoms with Crippen LogP contribution in [0.3, 0.4) is 0 Å². The van der Waals surface area contributed by atoms with E-state index in [9.17, 15) is 19.1 Å². The Labute approximate surface area is 196 Å². The quantitative estimate of drug-likeness (QED) is 0.596. The van der Waals surface area contributed by atoms with E-state index in [1.165, 1.54) is 12.1 Å². The van der Waals surface area contributed by atoms with E-state index in [-0.39, 0.29) is 29.3 Å². The van der Waals surface area contributed by atoms with Crippen molar-refractivity contribution in [3.8, 4) is 0 Å². The lowest BCUT2D eigenvalue weighted by Crippen LogP contribution is -2.55. The summed E-state index contributed by atoms with van der Waals surface area (Å²) >= 11 is 6.08. The van der Waals surface area contributed by atoms with Crippen LogP contribution in [-0.2, 0) is 4.79 Å². The van der Waals surface area contributed by atoms with Crippen molar-refractivity contribution in [2.24, 2.45) is 5.92 Å². The highest BCUT2D eigenvalue weighted by Gasteiger charge is 2.36. The lowest BCUT2D eigenvalue weighted by molar-refractivity contribution is -0.132. The van der Waals surface area contributed by atoms with Crippen LogP contribution in [0.1, 0.15) is 42.2 Å². The predicted molar refractivity (Wildman–Crippen MR) is 123 cm³/mol. The molecule has 3 heterocycles. The molecule has 1 aliphatic heterocycles. The van der Waals surface area contributed by atoms with Crippen LogP contribution in [0, 0.1) is 11.7 Å². The molecule has 1 aromatic carbocycles. The van der Waals surface area contributed by atoms with E-state index in [0.29, 0.717) is 24.2 Å². The third kappa shape index (κ3) is 4.86. The molecule has 7 nitrogen and oxygen atoms in total. The van der Waals surface area contributed by atoms with Gasteiger partial charge in [-0.3, -0.25) is 14.0 Å². The Morgan fingerprint density at radius 1 is 1.27 bits per heavy atom. The number of halogens is 2. The summed E-state index contributed by atoms with van der Waals surface area (Å²) in [4.78, 5) is 31.8. The molecule has 0 spiro atoms. The van der Waals surface area contributed by atoms with E-state index < -0.39 is 23.9 Å². The number of imidazole rings is 1. The number of carbonyl (C=O) groups is 2. The minimum atomic E-state index is -1.19. The average Bonchev–Trinajstić information content (AvgIpc) is 3.26. The van der Waals surface area contributed by atoms with E-state index in [2.05, 4.69) is 10.3 Å². The molecule has 3 atom stereocenters. The molecule has 9 heteroatoms. The van der Waals surface area contributed by atoms with Crippen LogP contribution in [0.5, 0.6) is 0 Å². The predicted octanol–water partition coefficient (Wildman–Crippen LogP) is 3.26. The van der Waals surface area contributed by atoms with Gasteiger partial charge in [-0.2, -0.15) is 0 Å². The van der Waals surface area contributed by atoms with Crippen molar-refractivity contribution in [2.45, 2.75) is 38.3 Å². The van der Waals surface area contributed by atoms with Crippen molar-refractivity contribution in [1.82, 2.24) is 19.6 Å². The third-order valence-corrected chi connectivity index (χ3v) is 6.33. The molecule has 0 radical (unpaired) electrons. The first-order valence-corrected chi connectivity index (χ1v) is 11.3. The average molecular weight is 473 g/mol. The highest BCUT2D eigenvalue weighted by Crippen LogP contribution is 2.32. The van der Waals surface area contributed by atoms with Gasteiger partial charge < -0.3 is 15.3 Å². The number of nitrogens with one attached hydrogen (secondary N) is 1. The van der Waals surface area contributed by atoms with E-state index in [0.717, 1.165) is 5.52 Å². The number of piperidine rings is 1. The number of hydrogen-bond donors (Lipinski definition) is 2. The number of likely N-dealkylation sites (tertiary alicyclic amines) is 1. The van der Waals surface area contributed by atoms with Crippen LogP contribution in [0.15, 0.2) is 48.9 Å². The molecule has 4 rings (SSSR count). The van der Waals surface area contributed by atoms with Crippen molar-refractivity contribution in [3.05, 3.63) is 71.0 Å². The molecule has 0 saturated carbocycles. The fourth-order valence-electron chi connectivity index (χ4n) is 4.33. The Bertz CT molecular complexity index is 1160. The highest BCUT2D eigenvalue weighted by atomic mass is 35.5. The smallest absolute Gasteiger partial charge is 0.270 e. The lowest BCUT2D eigenvalue weighted by atomic mass is 9.84. The zero-order valence-corrected chi connectivity index (χ0v) is 19.2. The normalized spacial score (nSPS) is 19.6. The molecule has 3 aromatic rings. The summed E-state index contributed by atoms with van der Waals surface area (Å²) < 4.78 is 15.8. The third-order valence-electron chi connectivity index (χ3n) is 6.11. The Balaban J connectivity index is 1.62. The monoisotopic (exact) mass is 472 g/mol. The minimum Gasteiger partial charge on any atom is -0.383 e. The van der Waals surface area contributed by atoms with Gasteiger partial charge in [0.2, 0.25) is 5.91 Å². The zero-order chi connectivity index (χ0) is 23.7. The second-order valence-electron chi connectivity index (χ2n) is 8.75. The number of aromatic nitrogens is 2. The molecule has 0 bridgehead atoms. The van der Waals surface area contributed by atoms with Crippen LogP contribution in [0.25, 0.3) is 5.52 Å². The van der Waals surface area contributed by atoms with E-state index in [1.54, 1.807) is 53.9 Å². The highest BCUT2D eigenvalue weighted by molar-refractivity contribution is 6.30. The van der Waals surface area contributed by atoms with E-state index in [1.807, 2.05) is 6.07 Å². The van der Waals surface area contributed by atoms with Crippen LogP contribution in [0.4, 0.5) is 4.39 Å². The fourth-order valence-corrected chi connectivity index (χ4v) is 4.56. The van der Waals surface area contributed by atoms with Gasteiger partial charge in [-0.05, 0) is 48.2 Å². The molecule has 0 aliphatic carbocycles. The van der Waals surface area contributed by atoms with Crippen LogP contribution < -0.4 is 5.32 Å². The maximum Gasteiger partial charge on any atom is 0.270 e. The summed E-state index contributed by atoms with van der Waals surface area (Å²) in [6, 6.07) is 9.17. The molecule has 1 fully saturated rings. The number of pyridine rings is 1. The first kappa shape index (κ1) is 23.2. The standard InChI is InChI=1S/C24H26ClFN4O3/c1-14(2)22(31)23(32)28-20-12-29(7-6-19(20)15-8-16(25)10-17(26)9-15)24(33)21-5-3-4-18-11-27-13-30(18)21/h3-5,8-11,13-14,19-20,22,31H,6-7,12H2,1-2H3,(H,28,32)/t19-,20+,22-/m0/s1. The number of nitrogens with zero attached hydrogens (tertiary/aromatic N) is 3. The van der Waals surface area contributed by atoms with Gasteiger partial charge in [0.15, 0.2) is 0 Å². The number of carbonyl (C=O) groups excluding carboxylic acids is 2. The van der Waals surface area contributed by atoms with Crippen molar-refractivity contribution in [2.75, 3.05) is 13.1 Å². The second-order valence-corrected chi connectivity index (χ2v) is 9.19. The molecule has 174 valence electrons. The first-order valence-electron chi connectivity index (χ1n) is 10.9. The summed E-state index contributed by atoms with van der Waals surface area (Å²) in [5.41, 5.74) is 1.91. The van der Waals surface area contributed by atoms with Crippen molar-refractivity contribution in [1.29, 1.82) is 0 Å². The number of rotatable bonds is 5. The minimum absolute atomic E-state index is 0.196. The van der Waals surface area contributed by atoms with Crippen LogP contribution >= 0.6 is 11.6 Å². The van der Waals surface area contributed by atoms with Gasteiger partial charge in [0, 0.05) is 24.0 Å². The number of amides is 2. The molecule has 1 saturated heterocycles. The number of benzene rings is 1. The largest absolute Gasteiger partial charge is 0.383 e. The number of aliphatic hydroxyl groups is 1. The van der Waals surface area contributed by atoms with Crippen molar-refractivity contribution in [3.63, 3.8) is 0 Å². The molecule has 1 aliphatic rings. The molecular formula is C24H26ClFN4O3. The molecular weight excluding hydrogens is 447 g/mol. The van der Waals surface area contributed by atoms with Gasteiger partial charge in [0.1, 0.15) is 17.6 Å². The van der Waals surface area contributed by atoms with Gasteiger partial charge in [-0.1, -0.05) is 31.5 Å². The topological polar surface area (TPSA) is 86.9 Å². The van der Waals surface area contributed by atoms with Crippen molar-refractivity contribution >= 4 is 28.9 Å². The van der Waals surface area contributed by atoms with Crippen molar-refractivity contribution < 1.29 is 19.1 Å². The van der Waals surface area contributed by atoms with Gasteiger partial charge >= 0.3 is 0 Å². The van der Waals surface area contributed by atoms with Gasteiger partial charge in [-0.15, -0.1) is 0 Å². The summed E-state index contributed by atoms with van der Waals surface area (Å²) in [7, 11) is 0. The first-order chi connectivity index (χ1) is 15.7. The van der Waals surface area contributed by atoms with Crippen LogP contribution in [0.2, 0.25) is 5.02 Å². The second kappa shape index (κ2) is 9.49. The van der Waals surface area contributed by atoms with Gasteiger partial charge in [0.25, 0.3) is 5.91 Å². The SMILES string of the molecule is CC(C)[C@H](O)C(=O)N[C@@H]1CN(C(=O)c2cccc3cncn23)CC[C@H]1c1cc(F)cc(Cl)c1. The summed E-state index contributed by atoms with van der Waals surface area (Å²) in [5.74, 6) is -1.72. The summed E-state index contributed by atoms with van der Waals surface area (Å²) in [6.45, 7) is 4.12. The maximum atomic E-state index is 14.1. The Morgan fingerprint density at radius 2 is 2.06 bits per heavy atom. The maximum absolute atomic E-state index is 14.1. The van der Waals surface area contributed by atoms with Gasteiger partial charge in [0.05, 0.1) is 24.1 Å². The van der Waals surface area contributed by atoms with E-state index in [4.69, 9.17) is 11.6 Å². The molecule has 0 unspecified atom stereocenters. The van der Waals surface area contributed by atoms with Gasteiger partial charge in [-0.25, -0.2) is 9.37 Å². The Kier molecular flexibility index (Phi) is 6.67. The lowest BCUT2D eigenvalue weighted by Gasteiger charge is -2.39. The molecule has 2 N–H and O–H groups in total. The zero-order valence-electron chi connectivity index (χ0n) is 18.4. The molecule has 33 heavy (non-hydrogen) atoms. The van der Waals surface area contributed by atoms with Crippen LogP contribution in [-0.4, -0.2) is 56.4 Å². The summed E-state index contributed by atoms with van der Waals surface area (Å²) in [5, 5.41) is 13.4. The number of hydrogen-bond acceptors (Lipinski definition) is 4. The summed E-state index contributed by atoms with van der Waals surface area (Å²) in [6.07, 6.45) is 2.57.